The molecule has 1 saturated heterocycles. The molecule has 1 aromatic carbocycles. The highest BCUT2D eigenvalue weighted by Crippen LogP contribution is 2.26. The van der Waals surface area contributed by atoms with Gasteiger partial charge in [-0.3, -0.25) is 4.79 Å². The first-order valence-electron chi connectivity index (χ1n) is 5.22. The van der Waals surface area contributed by atoms with Gasteiger partial charge >= 0.3 is 5.91 Å². The third-order valence-electron chi connectivity index (χ3n) is 2.62. The fourth-order valence-corrected chi connectivity index (χ4v) is 2.17. The number of rotatable bonds is 2. The van der Waals surface area contributed by atoms with Gasteiger partial charge in [0, 0.05) is 28.4 Å². The maximum atomic E-state index is 11.5. The van der Waals surface area contributed by atoms with E-state index in [4.69, 9.17) is 4.74 Å². The summed E-state index contributed by atoms with van der Waals surface area (Å²) in [6, 6.07) is 5.27. The largest absolute Gasteiger partial charge is 0.378 e. The molecule has 0 radical (unpaired) electrons. The molecular weight excluding hydrogens is 288 g/mol. The molecule has 90 valence electrons. The summed E-state index contributed by atoms with van der Waals surface area (Å²) in [5, 5.41) is 2.49. The topological polar surface area (TPSA) is 59.0 Å². The first kappa shape index (κ1) is 12.2. The van der Waals surface area contributed by atoms with Gasteiger partial charge in [0.1, 0.15) is 0 Å². The lowest BCUT2D eigenvalue weighted by Crippen LogP contribution is -2.37. The summed E-state index contributed by atoms with van der Waals surface area (Å²) < 4.78 is 6.00. The lowest BCUT2D eigenvalue weighted by Gasteiger charge is -2.29. The molecule has 0 aromatic heterocycles. The Balaban J connectivity index is 2.37. The van der Waals surface area contributed by atoms with Gasteiger partial charge in [0.25, 0.3) is 0 Å². The molecule has 1 fully saturated rings. The van der Waals surface area contributed by atoms with Crippen molar-refractivity contribution in [3.05, 3.63) is 33.1 Å². The number of ether oxygens (including phenoxy) is 1. The normalized spacial score (nSPS) is 15.7. The van der Waals surface area contributed by atoms with E-state index in [1.165, 1.54) is 0 Å². The minimum Gasteiger partial charge on any atom is -0.378 e. The SMILES string of the molecule is O=NC(=O)c1cc(Br)ccc1N1CCOCC1. The van der Waals surface area contributed by atoms with Crippen LogP contribution in [0.1, 0.15) is 10.4 Å². The Labute approximate surface area is 107 Å². The standard InChI is InChI=1S/C11H11BrN2O3/c12-8-1-2-10(9(7-8)11(15)13-16)14-3-5-17-6-4-14/h1-2,7H,3-6H2. The maximum Gasteiger partial charge on any atom is 0.318 e. The molecule has 0 bridgehead atoms. The molecule has 0 aliphatic carbocycles. The first-order chi connectivity index (χ1) is 8.22. The summed E-state index contributed by atoms with van der Waals surface area (Å²) in [5.41, 5.74) is 1.07. The molecule has 1 heterocycles. The zero-order chi connectivity index (χ0) is 12.3. The lowest BCUT2D eigenvalue weighted by atomic mass is 10.1. The van der Waals surface area contributed by atoms with Crippen LogP contribution in [-0.2, 0) is 4.74 Å². The van der Waals surface area contributed by atoms with Gasteiger partial charge < -0.3 is 9.64 Å². The highest BCUT2D eigenvalue weighted by atomic mass is 79.9. The van der Waals surface area contributed by atoms with Crippen LogP contribution in [0, 0.1) is 4.91 Å². The van der Waals surface area contributed by atoms with Gasteiger partial charge in [-0.25, -0.2) is 0 Å². The molecule has 0 spiro atoms. The van der Waals surface area contributed by atoms with Gasteiger partial charge in [0.2, 0.25) is 0 Å². The monoisotopic (exact) mass is 298 g/mol. The molecule has 1 aromatic rings. The second kappa shape index (κ2) is 5.37. The van der Waals surface area contributed by atoms with Crippen LogP contribution in [-0.4, -0.2) is 32.2 Å². The highest BCUT2D eigenvalue weighted by molar-refractivity contribution is 9.10. The molecule has 1 aliphatic heterocycles. The van der Waals surface area contributed by atoms with E-state index in [9.17, 15) is 9.70 Å². The highest BCUT2D eigenvalue weighted by Gasteiger charge is 2.19. The van der Waals surface area contributed by atoms with E-state index in [-0.39, 0.29) is 0 Å². The second-order valence-corrected chi connectivity index (χ2v) is 4.57. The van der Waals surface area contributed by atoms with Crippen LogP contribution in [0.5, 0.6) is 0 Å². The Morgan fingerprint density at radius 3 is 2.71 bits per heavy atom. The lowest BCUT2D eigenvalue weighted by molar-refractivity contribution is 0.0999. The van der Waals surface area contributed by atoms with E-state index in [0.717, 1.165) is 10.2 Å². The molecule has 17 heavy (non-hydrogen) atoms. The summed E-state index contributed by atoms with van der Waals surface area (Å²) in [6.45, 7) is 2.66. The van der Waals surface area contributed by atoms with Crippen molar-refractivity contribution in [1.82, 2.24) is 0 Å². The summed E-state index contributed by atoms with van der Waals surface area (Å²) in [7, 11) is 0. The number of nitrogens with zero attached hydrogens (tertiary/aromatic N) is 2. The molecule has 0 atom stereocenters. The number of anilines is 1. The van der Waals surface area contributed by atoms with Gasteiger partial charge in [0.15, 0.2) is 0 Å². The third kappa shape index (κ3) is 2.70. The maximum absolute atomic E-state index is 11.5. The van der Waals surface area contributed by atoms with Crippen molar-refractivity contribution < 1.29 is 9.53 Å². The van der Waals surface area contributed by atoms with Gasteiger partial charge in [-0.2, -0.15) is 0 Å². The molecule has 0 unspecified atom stereocenters. The molecule has 2 rings (SSSR count). The van der Waals surface area contributed by atoms with Crippen molar-refractivity contribution in [3.63, 3.8) is 0 Å². The van der Waals surface area contributed by atoms with E-state index in [2.05, 4.69) is 21.1 Å². The Morgan fingerprint density at radius 1 is 1.35 bits per heavy atom. The van der Waals surface area contributed by atoms with Crippen molar-refractivity contribution >= 4 is 27.5 Å². The van der Waals surface area contributed by atoms with E-state index in [1.54, 1.807) is 6.07 Å². The summed E-state index contributed by atoms with van der Waals surface area (Å²) in [4.78, 5) is 23.9. The van der Waals surface area contributed by atoms with Crippen molar-refractivity contribution in [2.45, 2.75) is 0 Å². The fraction of sp³-hybridized carbons (Fsp3) is 0.364. The van der Waals surface area contributed by atoms with E-state index in [0.29, 0.717) is 31.9 Å². The van der Waals surface area contributed by atoms with Gasteiger partial charge in [-0.05, 0) is 18.2 Å². The van der Waals surface area contributed by atoms with Crippen LogP contribution in [0.4, 0.5) is 5.69 Å². The van der Waals surface area contributed by atoms with E-state index >= 15 is 0 Å². The quantitative estimate of drug-likeness (QED) is 0.785. The number of halogens is 1. The third-order valence-corrected chi connectivity index (χ3v) is 3.12. The first-order valence-corrected chi connectivity index (χ1v) is 6.01. The summed E-state index contributed by atoms with van der Waals surface area (Å²) in [5.74, 6) is -0.743. The number of benzene rings is 1. The van der Waals surface area contributed by atoms with Crippen LogP contribution in [0.2, 0.25) is 0 Å². The fourth-order valence-electron chi connectivity index (χ4n) is 1.81. The Kier molecular flexibility index (Phi) is 3.86. The van der Waals surface area contributed by atoms with Crippen LogP contribution in [0.25, 0.3) is 0 Å². The van der Waals surface area contributed by atoms with Crippen molar-refractivity contribution in [2.24, 2.45) is 5.18 Å². The van der Waals surface area contributed by atoms with Gasteiger partial charge in [0.05, 0.1) is 18.8 Å². The zero-order valence-electron chi connectivity index (χ0n) is 9.06. The smallest absolute Gasteiger partial charge is 0.318 e. The minimum atomic E-state index is -0.743. The molecule has 5 nitrogen and oxygen atoms in total. The van der Waals surface area contributed by atoms with Crippen molar-refractivity contribution in [1.29, 1.82) is 0 Å². The number of morpholine rings is 1. The zero-order valence-corrected chi connectivity index (χ0v) is 10.6. The average Bonchev–Trinajstić information content (AvgIpc) is 2.38. The number of nitroso groups, excluding NO2 is 1. The summed E-state index contributed by atoms with van der Waals surface area (Å²) >= 11 is 3.28. The minimum absolute atomic E-state index is 0.330. The van der Waals surface area contributed by atoms with Crippen LogP contribution >= 0.6 is 15.9 Å². The predicted octanol–water partition coefficient (Wildman–Crippen LogP) is 2.19. The predicted molar refractivity (Wildman–Crippen MR) is 67.3 cm³/mol. The number of amides is 1. The van der Waals surface area contributed by atoms with Gasteiger partial charge in [-0.1, -0.05) is 15.9 Å². The number of hydrogen-bond donors (Lipinski definition) is 0. The van der Waals surface area contributed by atoms with Crippen LogP contribution in [0.3, 0.4) is 0 Å². The van der Waals surface area contributed by atoms with Crippen LogP contribution in [0.15, 0.2) is 27.8 Å². The number of hydrogen-bond acceptors (Lipinski definition) is 4. The Hall–Kier alpha value is -1.27. The molecule has 1 aliphatic rings. The molecule has 6 heteroatoms. The number of carbonyl (C=O) groups is 1. The molecular formula is C11H11BrN2O3. The van der Waals surface area contributed by atoms with Crippen molar-refractivity contribution in [3.8, 4) is 0 Å². The molecule has 0 saturated carbocycles. The second-order valence-electron chi connectivity index (χ2n) is 3.66. The number of carbonyl (C=O) groups excluding carboxylic acids is 1. The van der Waals surface area contributed by atoms with Crippen LogP contribution < -0.4 is 4.90 Å². The summed E-state index contributed by atoms with van der Waals surface area (Å²) in [6.07, 6.45) is 0. The van der Waals surface area contributed by atoms with E-state index in [1.807, 2.05) is 17.0 Å². The van der Waals surface area contributed by atoms with Crippen molar-refractivity contribution in [2.75, 3.05) is 31.2 Å². The Morgan fingerprint density at radius 2 is 2.06 bits per heavy atom. The van der Waals surface area contributed by atoms with E-state index < -0.39 is 5.91 Å². The molecule has 0 N–H and O–H groups in total. The average molecular weight is 299 g/mol. The van der Waals surface area contributed by atoms with Gasteiger partial charge in [-0.15, -0.1) is 4.91 Å². The Bertz CT molecular complexity index is 444. The molecule has 1 amide bonds.